The predicted molar refractivity (Wildman–Crippen MR) is 66.5 cm³/mol. The highest BCUT2D eigenvalue weighted by Crippen LogP contribution is 2.36. The maximum Gasteiger partial charge on any atom is 0.180 e. The average Bonchev–Trinajstić information content (AvgIpc) is 2.54. The van der Waals surface area contributed by atoms with Gasteiger partial charge in [0, 0.05) is 19.0 Å². The summed E-state index contributed by atoms with van der Waals surface area (Å²) in [6.07, 6.45) is 5.72. The third kappa shape index (κ3) is 1.57. The molecule has 0 saturated heterocycles. The van der Waals surface area contributed by atoms with E-state index >= 15 is 0 Å². The fourth-order valence-electron chi connectivity index (χ4n) is 2.43. The summed E-state index contributed by atoms with van der Waals surface area (Å²) < 4.78 is 2.09. The van der Waals surface area contributed by atoms with E-state index in [2.05, 4.69) is 15.5 Å². The van der Waals surface area contributed by atoms with E-state index < -0.39 is 0 Å². The highest BCUT2D eigenvalue weighted by atomic mass is 16.1. The van der Waals surface area contributed by atoms with E-state index in [0.29, 0.717) is 11.6 Å². The summed E-state index contributed by atoms with van der Waals surface area (Å²) in [4.78, 5) is 16.2. The van der Waals surface area contributed by atoms with E-state index in [9.17, 15) is 4.79 Å². The molecule has 3 heteroatoms. The Morgan fingerprint density at radius 1 is 1.47 bits per heavy atom. The van der Waals surface area contributed by atoms with Crippen molar-refractivity contribution in [1.29, 1.82) is 0 Å². The van der Waals surface area contributed by atoms with Gasteiger partial charge in [-0.3, -0.25) is 4.79 Å². The number of aromatic nitrogens is 2. The number of aryl methyl sites for hydroxylation is 1. The van der Waals surface area contributed by atoms with Crippen LogP contribution < -0.4 is 0 Å². The third-order valence-electron chi connectivity index (χ3n) is 3.63. The molecule has 2 aromatic heterocycles. The van der Waals surface area contributed by atoms with E-state index in [4.69, 9.17) is 0 Å². The molecule has 3 rings (SSSR count). The molecule has 2 aromatic rings. The van der Waals surface area contributed by atoms with E-state index in [1.807, 2.05) is 19.2 Å². The van der Waals surface area contributed by atoms with Crippen LogP contribution in [-0.4, -0.2) is 15.2 Å². The number of hydrogen-bond acceptors (Lipinski definition) is 2. The van der Waals surface area contributed by atoms with Gasteiger partial charge in [0.2, 0.25) is 0 Å². The van der Waals surface area contributed by atoms with Gasteiger partial charge in [-0.1, -0.05) is 6.42 Å². The lowest BCUT2D eigenvalue weighted by atomic mass is 9.85. The molecule has 0 aromatic carbocycles. The van der Waals surface area contributed by atoms with Crippen LogP contribution >= 0.6 is 0 Å². The maximum absolute atomic E-state index is 11.6. The Bertz CT molecular complexity index is 594. The first-order valence-corrected chi connectivity index (χ1v) is 6.16. The van der Waals surface area contributed by atoms with Gasteiger partial charge in [-0.05, 0) is 37.5 Å². The Morgan fingerprint density at radius 3 is 2.82 bits per heavy atom. The topological polar surface area (TPSA) is 34.4 Å². The summed E-state index contributed by atoms with van der Waals surface area (Å²) in [5, 5.41) is 0. The van der Waals surface area contributed by atoms with Gasteiger partial charge in [-0.2, -0.15) is 0 Å². The minimum Gasteiger partial charge on any atom is -0.303 e. The molecule has 3 nitrogen and oxygen atoms in total. The predicted octanol–water partition coefficient (Wildman–Crippen LogP) is 3.11. The fraction of sp³-hybridized carbons (Fsp3) is 0.429. The van der Waals surface area contributed by atoms with Crippen molar-refractivity contribution < 1.29 is 4.79 Å². The van der Waals surface area contributed by atoms with Crippen molar-refractivity contribution in [1.82, 2.24) is 9.38 Å². The van der Waals surface area contributed by atoms with Crippen LogP contribution in [0.25, 0.3) is 5.52 Å². The summed E-state index contributed by atoms with van der Waals surface area (Å²) in [7, 11) is 0. The largest absolute Gasteiger partial charge is 0.303 e. The van der Waals surface area contributed by atoms with Crippen molar-refractivity contribution >= 4 is 11.3 Å². The number of carbonyl (C=O) groups excluding carboxylic acids is 1. The number of nitrogens with zero attached hydrogens (tertiary/aromatic N) is 2. The number of rotatable bonds is 2. The van der Waals surface area contributed by atoms with Crippen molar-refractivity contribution in [2.75, 3.05) is 0 Å². The van der Waals surface area contributed by atoms with E-state index in [0.717, 1.165) is 11.3 Å². The van der Waals surface area contributed by atoms with Crippen LogP contribution in [0.5, 0.6) is 0 Å². The number of pyridine rings is 1. The number of carbonyl (C=O) groups is 1. The monoisotopic (exact) mass is 228 g/mol. The summed E-state index contributed by atoms with van der Waals surface area (Å²) in [5.74, 6) is 1.66. The van der Waals surface area contributed by atoms with Crippen molar-refractivity contribution in [3.63, 3.8) is 0 Å². The Kier molecular flexibility index (Phi) is 2.28. The van der Waals surface area contributed by atoms with Gasteiger partial charge < -0.3 is 4.40 Å². The average molecular weight is 228 g/mol. The molecule has 1 saturated carbocycles. The summed E-state index contributed by atoms with van der Waals surface area (Å²) in [5.41, 5.74) is 2.75. The molecule has 0 N–H and O–H groups in total. The minimum atomic E-state index is 0.0543. The van der Waals surface area contributed by atoms with E-state index in [-0.39, 0.29) is 5.78 Å². The molecule has 0 aliphatic heterocycles. The molecule has 0 radical (unpaired) electrons. The lowest BCUT2D eigenvalue weighted by Crippen LogP contribution is -2.12. The van der Waals surface area contributed by atoms with Crippen molar-refractivity contribution in [2.24, 2.45) is 0 Å². The summed E-state index contributed by atoms with van der Waals surface area (Å²) in [6.45, 7) is 3.63. The second-order valence-corrected chi connectivity index (χ2v) is 4.96. The van der Waals surface area contributed by atoms with Gasteiger partial charge in [-0.15, -0.1) is 0 Å². The number of ketones is 1. The molecular formula is C14H16N2O. The van der Waals surface area contributed by atoms with Crippen molar-refractivity contribution in [3.8, 4) is 0 Å². The maximum atomic E-state index is 11.6. The van der Waals surface area contributed by atoms with Gasteiger partial charge in [-0.25, -0.2) is 4.98 Å². The second kappa shape index (κ2) is 3.69. The molecular weight excluding hydrogens is 212 g/mol. The Morgan fingerprint density at radius 2 is 2.24 bits per heavy atom. The van der Waals surface area contributed by atoms with Crippen LogP contribution in [0.1, 0.15) is 54.0 Å². The molecule has 0 spiro atoms. The van der Waals surface area contributed by atoms with Crippen LogP contribution in [0.15, 0.2) is 18.3 Å². The first-order chi connectivity index (χ1) is 8.16. The molecule has 1 fully saturated rings. The lowest BCUT2D eigenvalue weighted by molar-refractivity contribution is 0.101. The van der Waals surface area contributed by atoms with Gasteiger partial charge in [0.25, 0.3) is 0 Å². The quantitative estimate of drug-likeness (QED) is 0.740. The molecule has 0 amide bonds. The lowest BCUT2D eigenvalue weighted by Gasteiger charge is -2.23. The zero-order valence-corrected chi connectivity index (χ0v) is 10.2. The second-order valence-electron chi connectivity index (χ2n) is 4.96. The zero-order valence-electron chi connectivity index (χ0n) is 10.2. The first-order valence-electron chi connectivity index (χ1n) is 6.16. The number of Topliss-reactive ketones (excluding diaryl/α,β-unsaturated/α-hetero) is 1. The first kappa shape index (κ1) is 10.5. The van der Waals surface area contributed by atoms with Gasteiger partial charge >= 0.3 is 0 Å². The van der Waals surface area contributed by atoms with Crippen molar-refractivity contribution in [3.05, 3.63) is 35.4 Å². The highest BCUT2D eigenvalue weighted by Gasteiger charge is 2.26. The summed E-state index contributed by atoms with van der Waals surface area (Å²) >= 11 is 0. The molecule has 0 atom stereocenters. The number of imidazole rings is 1. The van der Waals surface area contributed by atoms with Crippen LogP contribution in [-0.2, 0) is 0 Å². The molecule has 1 aliphatic carbocycles. The van der Waals surface area contributed by atoms with Crippen molar-refractivity contribution in [2.45, 2.75) is 39.0 Å². The smallest absolute Gasteiger partial charge is 0.180 e. The normalized spacial score (nSPS) is 16.1. The Labute approximate surface area is 100 Å². The Balaban J connectivity index is 2.26. The van der Waals surface area contributed by atoms with Gasteiger partial charge in [0.15, 0.2) is 5.78 Å². The standard InChI is InChI=1S/C14H16N2O/c1-9-6-7-16-12(8-9)13(10(2)17)15-14(16)11-4-3-5-11/h6-8,11H,3-5H2,1-2H3. The molecule has 2 heterocycles. The van der Waals surface area contributed by atoms with Crippen LogP contribution in [0.2, 0.25) is 0 Å². The van der Waals surface area contributed by atoms with Crippen LogP contribution in [0.4, 0.5) is 0 Å². The fourth-order valence-corrected chi connectivity index (χ4v) is 2.43. The molecule has 1 aliphatic rings. The molecule has 0 unspecified atom stereocenters. The third-order valence-corrected chi connectivity index (χ3v) is 3.63. The number of hydrogen-bond donors (Lipinski definition) is 0. The van der Waals surface area contributed by atoms with Gasteiger partial charge in [0.05, 0.1) is 5.52 Å². The van der Waals surface area contributed by atoms with E-state index in [1.165, 1.54) is 24.8 Å². The minimum absolute atomic E-state index is 0.0543. The van der Waals surface area contributed by atoms with Gasteiger partial charge in [0.1, 0.15) is 11.5 Å². The SMILES string of the molecule is CC(=O)c1nc(C2CCC2)n2ccc(C)cc12. The highest BCUT2D eigenvalue weighted by molar-refractivity contribution is 5.99. The summed E-state index contributed by atoms with van der Waals surface area (Å²) in [6, 6.07) is 4.12. The Hall–Kier alpha value is -1.64. The number of fused-ring (bicyclic) bond motifs is 1. The van der Waals surface area contributed by atoms with Crippen LogP contribution in [0.3, 0.4) is 0 Å². The molecule has 0 bridgehead atoms. The molecule has 17 heavy (non-hydrogen) atoms. The molecule has 88 valence electrons. The zero-order chi connectivity index (χ0) is 12.0. The van der Waals surface area contributed by atoms with Crippen LogP contribution in [0, 0.1) is 6.92 Å². The van der Waals surface area contributed by atoms with E-state index in [1.54, 1.807) is 6.92 Å².